The van der Waals surface area contributed by atoms with Crippen molar-refractivity contribution >= 4 is 21.4 Å². The topological polar surface area (TPSA) is 80.2 Å². The van der Waals surface area contributed by atoms with E-state index in [1.54, 1.807) is 31.3 Å². The summed E-state index contributed by atoms with van der Waals surface area (Å²) in [6, 6.07) is 4.86. The lowest BCUT2D eigenvalue weighted by molar-refractivity contribution is 0.0988. The molecule has 2 rings (SSSR count). The van der Waals surface area contributed by atoms with Gasteiger partial charge in [0.25, 0.3) is 5.91 Å². The van der Waals surface area contributed by atoms with Crippen LogP contribution in [0.1, 0.15) is 22.8 Å². The summed E-state index contributed by atoms with van der Waals surface area (Å²) in [7, 11) is -3.59. The third kappa shape index (κ3) is 4.05. The fourth-order valence-electron chi connectivity index (χ4n) is 2.24. The SMILES string of the molecule is C=C(C)CN(C(=O)c1cncc(C)c1)c1cccnc1S(C)(=O)=O. The van der Waals surface area contributed by atoms with Crippen LogP contribution in [0.2, 0.25) is 0 Å². The van der Waals surface area contributed by atoms with Gasteiger partial charge in [0.15, 0.2) is 14.9 Å². The Labute approximate surface area is 141 Å². The van der Waals surface area contributed by atoms with Gasteiger partial charge < -0.3 is 4.90 Å². The molecule has 24 heavy (non-hydrogen) atoms. The summed E-state index contributed by atoms with van der Waals surface area (Å²) in [6.45, 7) is 7.61. The maximum Gasteiger partial charge on any atom is 0.260 e. The zero-order chi connectivity index (χ0) is 17.9. The van der Waals surface area contributed by atoms with E-state index in [4.69, 9.17) is 0 Å². The number of carbonyl (C=O) groups excluding carboxylic acids is 1. The van der Waals surface area contributed by atoms with E-state index >= 15 is 0 Å². The first-order chi connectivity index (χ1) is 11.2. The van der Waals surface area contributed by atoms with Gasteiger partial charge in [0.05, 0.1) is 11.3 Å². The van der Waals surface area contributed by atoms with Crippen LogP contribution in [0, 0.1) is 6.92 Å². The van der Waals surface area contributed by atoms with Crippen molar-refractivity contribution in [1.82, 2.24) is 9.97 Å². The van der Waals surface area contributed by atoms with Crippen LogP contribution in [-0.4, -0.2) is 37.1 Å². The van der Waals surface area contributed by atoms with Crippen LogP contribution in [0.3, 0.4) is 0 Å². The van der Waals surface area contributed by atoms with Crippen molar-refractivity contribution in [2.24, 2.45) is 0 Å². The highest BCUT2D eigenvalue weighted by atomic mass is 32.2. The molecule has 0 atom stereocenters. The Morgan fingerprint density at radius 3 is 2.62 bits per heavy atom. The highest BCUT2D eigenvalue weighted by Gasteiger charge is 2.25. The van der Waals surface area contributed by atoms with Crippen molar-refractivity contribution < 1.29 is 13.2 Å². The van der Waals surface area contributed by atoms with Crippen molar-refractivity contribution in [1.29, 1.82) is 0 Å². The van der Waals surface area contributed by atoms with Crippen LogP contribution in [-0.2, 0) is 9.84 Å². The number of aryl methyl sites for hydroxylation is 1. The molecule has 0 radical (unpaired) electrons. The first-order valence-electron chi connectivity index (χ1n) is 7.23. The number of rotatable bonds is 5. The molecule has 2 heterocycles. The minimum atomic E-state index is -3.59. The van der Waals surface area contributed by atoms with Gasteiger partial charge in [0.1, 0.15) is 0 Å². The molecular weight excluding hydrogens is 326 g/mol. The summed E-state index contributed by atoms with van der Waals surface area (Å²) in [5, 5.41) is -0.139. The third-order valence-electron chi connectivity index (χ3n) is 3.19. The quantitative estimate of drug-likeness (QED) is 0.778. The lowest BCUT2D eigenvalue weighted by Crippen LogP contribution is -2.34. The smallest absolute Gasteiger partial charge is 0.260 e. The van der Waals surface area contributed by atoms with Gasteiger partial charge >= 0.3 is 0 Å². The normalized spacial score (nSPS) is 11.1. The molecule has 0 spiro atoms. The highest BCUT2D eigenvalue weighted by molar-refractivity contribution is 7.90. The summed E-state index contributed by atoms with van der Waals surface area (Å²) in [4.78, 5) is 22.3. The molecule has 126 valence electrons. The van der Waals surface area contributed by atoms with Crippen molar-refractivity contribution in [3.05, 3.63) is 60.1 Å². The van der Waals surface area contributed by atoms with E-state index in [0.29, 0.717) is 11.1 Å². The Bertz CT molecular complexity index is 891. The first-order valence-corrected chi connectivity index (χ1v) is 9.12. The zero-order valence-corrected chi connectivity index (χ0v) is 14.7. The fraction of sp³-hybridized carbons (Fsp3) is 0.235. The average molecular weight is 345 g/mol. The van der Waals surface area contributed by atoms with Crippen molar-refractivity contribution in [2.75, 3.05) is 17.7 Å². The van der Waals surface area contributed by atoms with Crippen LogP contribution in [0.15, 0.2) is 54.0 Å². The Morgan fingerprint density at radius 1 is 1.33 bits per heavy atom. The molecule has 2 aromatic heterocycles. The van der Waals surface area contributed by atoms with E-state index < -0.39 is 9.84 Å². The second-order valence-corrected chi connectivity index (χ2v) is 7.63. The number of sulfone groups is 1. The van der Waals surface area contributed by atoms with Crippen LogP contribution in [0.5, 0.6) is 0 Å². The lowest BCUT2D eigenvalue weighted by atomic mass is 10.1. The Morgan fingerprint density at radius 2 is 2.04 bits per heavy atom. The van der Waals surface area contributed by atoms with Crippen LogP contribution < -0.4 is 4.90 Å². The second-order valence-electron chi connectivity index (χ2n) is 5.70. The number of aromatic nitrogens is 2. The van der Waals surface area contributed by atoms with Gasteiger partial charge in [0.2, 0.25) is 0 Å². The standard InChI is InChI=1S/C17H19N3O3S/c1-12(2)11-20(17(21)14-8-13(3)9-18-10-14)15-6-5-7-19-16(15)24(4,22)23/h5-10H,1,11H2,2-4H3. The number of nitrogens with zero attached hydrogens (tertiary/aromatic N) is 3. The monoisotopic (exact) mass is 345 g/mol. The minimum absolute atomic E-state index is 0.139. The first kappa shape index (κ1) is 17.8. The molecule has 0 aliphatic heterocycles. The van der Waals surface area contributed by atoms with E-state index in [-0.39, 0.29) is 23.2 Å². The number of pyridine rings is 2. The van der Waals surface area contributed by atoms with Gasteiger partial charge in [-0.2, -0.15) is 0 Å². The lowest BCUT2D eigenvalue weighted by Gasteiger charge is -2.24. The number of hydrogen-bond acceptors (Lipinski definition) is 5. The third-order valence-corrected chi connectivity index (χ3v) is 4.21. The van der Waals surface area contributed by atoms with E-state index in [2.05, 4.69) is 16.5 Å². The van der Waals surface area contributed by atoms with Crippen molar-refractivity contribution in [3.63, 3.8) is 0 Å². The summed E-state index contributed by atoms with van der Waals surface area (Å²) in [5.74, 6) is -0.355. The predicted octanol–water partition coefficient (Wildman–Crippen LogP) is 2.41. The number of carbonyl (C=O) groups is 1. The Hall–Kier alpha value is -2.54. The molecule has 1 amide bonds. The fourth-order valence-corrected chi connectivity index (χ4v) is 3.05. The van der Waals surface area contributed by atoms with Gasteiger partial charge in [-0.15, -0.1) is 0 Å². The maximum atomic E-state index is 12.9. The van der Waals surface area contributed by atoms with E-state index in [0.717, 1.165) is 11.8 Å². The van der Waals surface area contributed by atoms with Gasteiger partial charge in [-0.3, -0.25) is 9.78 Å². The molecule has 0 saturated carbocycles. The minimum Gasteiger partial charge on any atom is -0.301 e. The molecule has 0 bridgehead atoms. The van der Waals surface area contributed by atoms with Crippen LogP contribution >= 0.6 is 0 Å². The molecule has 0 unspecified atom stereocenters. The summed E-state index contributed by atoms with van der Waals surface area (Å²) in [6.07, 6.45) is 5.55. The Balaban J connectivity index is 2.59. The van der Waals surface area contributed by atoms with E-state index in [9.17, 15) is 13.2 Å². The largest absolute Gasteiger partial charge is 0.301 e. The van der Waals surface area contributed by atoms with E-state index in [1.807, 2.05) is 6.92 Å². The molecule has 2 aromatic rings. The van der Waals surface area contributed by atoms with Crippen LogP contribution in [0.25, 0.3) is 0 Å². The van der Waals surface area contributed by atoms with Gasteiger partial charge in [-0.25, -0.2) is 13.4 Å². The van der Waals surface area contributed by atoms with Crippen molar-refractivity contribution in [3.8, 4) is 0 Å². The molecule has 0 N–H and O–H groups in total. The highest BCUT2D eigenvalue weighted by Crippen LogP contribution is 2.25. The van der Waals surface area contributed by atoms with Crippen molar-refractivity contribution in [2.45, 2.75) is 18.9 Å². The molecule has 0 aromatic carbocycles. The Kier molecular flexibility index (Phi) is 5.14. The summed E-state index contributed by atoms with van der Waals surface area (Å²) in [5.41, 5.74) is 2.16. The number of amides is 1. The molecule has 6 nitrogen and oxygen atoms in total. The number of anilines is 1. The molecule has 0 aliphatic rings. The van der Waals surface area contributed by atoms with E-state index in [1.165, 1.54) is 17.3 Å². The van der Waals surface area contributed by atoms with Gasteiger partial charge in [-0.1, -0.05) is 12.2 Å². The second kappa shape index (κ2) is 6.92. The summed E-state index contributed by atoms with van der Waals surface area (Å²) < 4.78 is 24.0. The molecule has 0 saturated heterocycles. The maximum absolute atomic E-state index is 12.9. The average Bonchev–Trinajstić information content (AvgIpc) is 2.51. The van der Waals surface area contributed by atoms with Gasteiger partial charge in [0, 0.05) is 31.4 Å². The van der Waals surface area contributed by atoms with Crippen LogP contribution in [0.4, 0.5) is 5.69 Å². The predicted molar refractivity (Wildman–Crippen MR) is 92.8 cm³/mol. The molecule has 7 heteroatoms. The molecule has 0 aliphatic carbocycles. The number of hydrogen-bond donors (Lipinski definition) is 0. The summed E-state index contributed by atoms with van der Waals surface area (Å²) >= 11 is 0. The van der Waals surface area contributed by atoms with Gasteiger partial charge in [-0.05, 0) is 37.6 Å². The molecule has 0 fully saturated rings. The zero-order valence-electron chi connectivity index (χ0n) is 13.9. The molecular formula is C17H19N3O3S.